The Kier molecular flexibility index (Phi) is 5.19. The molecule has 116 valence electrons. The lowest BCUT2D eigenvalue weighted by Gasteiger charge is -2.04. The average molecular weight is 316 g/mol. The number of hydrogen-bond donors (Lipinski definition) is 1. The zero-order valence-corrected chi connectivity index (χ0v) is 13.3. The SMILES string of the molecule is O=C(NCCCOCC1CC1)c1cnc(-c2ccccc2)s1. The maximum absolute atomic E-state index is 12.1. The van der Waals surface area contributed by atoms with Crippen molar-refractivity contribution in [2.45, 2.75) is 19.3 Å². The van der Waals surface area contributed by atoms with Gasteiger partial charge in [-0.2, -0.15) is 0 Å². The molecule has 1 fully saturated rings. The molecule has 0 aliphatic heterocycles. The summed E-state index contributed by atoms with van der Waals surface area (Å²) in [5, 5.41) is 3.79. The molecule has 1 aliphatic carbocycles. The van der Waals surface area contributed by atoms with Crippen molar-refractivity contribution in [1.29, 1.82) is 0 Å². The monoisotopic (exact) mass is 316 g/mol. The Hall–Kier alpha value is -1.72. The van der Waals surface area contributed by atoms with E-state index in [0.717, 1.165) is 29.5 Å². The van der Waals surface area contributed by atoms with Gasteiger partial charge >= 0.3 is 0 Å². The molecule has 1 heterocycles. The lowest BCUT2D eigenvalue weighted by molar-refractivity contribution is 0.0941. The van der Waals surface area contributed by atoms with E-state index >= 15 is 0 Å². The van der Waals surface area contributed by atoms with Crippen LogP contribution in [0.3, 0.4) is 0 Å². The number of carbonyl (C=O) groups excluding carboxylic acids is 1. The number of hydrogen-bond acceptors (Lipinski definition) is 4. The predicted molar refractivity (Wildman–Crippen MR) is 88.0 cm³/mol. The van der Waals surface area contributed by atoms with E-state index < -0.39 is 0 Å². The van der Waals surface area contributed by atoms with Crippen LogP contribution in [0.5, 0.6) is 0 Å². The summed E-state index contributed by atoms with van der Waals surface area (Å²) in [4.78, 5) is 17.0. The van der Waals surface area contributed by atoms with E-state index in [4.69, 9.17) is 4.74 Å². The van der Waals surface area contributed by atoms with E-state index in [-0.39, 0.29) is 5.91 Å². The number of nitrogens with one attached hydrogen (secondary N) is 1. The summed E-state index contributed by atoms with van der Waals surface area (Å²) in [7, 11) is 0. The van der Waals surface area contributed by atoms with Crippen LogP contribution in [-0.4, -0.2) is 30.6 Å². The zero-order valence-electron chi connectivity index (χ0n) is 12.5. The van der Waals surface area contributed by atoms with Crippen molar-refractivity contribution in [3.63, 3.8) is 0 Å². The number of rotatable bonds is 8. The molecule has 1 saturated carbocycles. The Labute approximate surface area is 134 Å². The topological polar surface area (TPSA) is 51.2 Å². The number of nitrogens with zero attached hydrogens (tertiary/aromatic N) is 1. The summed E-state index contributed by atoms with van der Waals surface area (Å²) >= 11 is 1.42. The van der Waals surface area contributed by atoms with Crippen LogP contribution in [-0.2, 0) is 4.74 Å². The van der Waals surface area contributed by atoms with Gasteiger partial charge < -0.3 is 10.1 Å². The summed E-state index contributed by atoms with van der Waals surface area (Å²) in [5.41, 5.74) is 1.04. The first-order valence-electron chi connectivity index (χ1n) is 7.70. The first kappa shape index (κ1) is 15.2. The molecule has 3 rings (SSSR count). The summed E-state index contributed by atoms with van der Waals surface area (Å²) in [6.45, 7) is 2.24. The summed E-state index contributed by atoms with van der Waals surface area (Å²) in [6.07, 6.45) is 5.12. The molecule has 22 heavy (non-hydrogen) atoms. The third-order valence-corrected chi connectivity index (χ3v) is 4.60. The van der Waals surface area contributed by atoms with E-state index in [1.807, 2.05) is 30.3 Å². The molecule has 1 amide bonds. The first-order chi connectivity index (χ1) is 10.8. The molecule has 2 aromatic rings. The van der Waals surface area contributed by atoms with E-state index in [2.05, 4.69) is 10.3 Å². The average Bonchev–Trinajstić information content (AvgIpc) is 3.24. The van der Waals surface area contributed by atoms with Gasteiger partial charge in [-0.25, -0.2) is 4.98 Å². The molecule has 1 aromatic heterocycles. The van der Waals surface area contributed by atoms with E-state index in [9.17, 15) is 4.79 Å². The minimum Gasteiger partial charge on any atom is -0.381 e. The van der Waals surface area contributed by atoms with Crippen LogP contribution in [0.2, 0.25) is 0 Å². The van der Waals surface area contributed by atoms with Gasteiger partial charge in [0.15, 0.2) is 0 Å². The number of amides is 1. The summed E-state index contributed by atoms with van der Waals surface area (Å²) in [6, 6.07) is 9.90. The standard InChI is InChI=1S/C17H20N2O2S/c20-16(18-9-4-10-21-12-13-7-8-13)15-11-19-17(22-15)14-5-2-1-3-6-14/h1-3,5-6,11,13H,4,7-10,12H2,(H,18,20). The number of aromatic nitrogens is 1. The lowest BCUT2D eigenvalue weighted by atomic mass is 10.2. The smallest absolute Gasteiger partial charge is 0.263 e. The van der Waals surface area contributed by atoms with Crippen molar-refractivity contribution in [3.05, 3.63) is 41.4 Å². The Balaban J connectivity index is 1.41. The molecule has 1 aromatic carbocycles. The fourth-order valence-corrected chi connectivity index (χ4v) is 2.93. The van der Waals surface area contributed by atoms with E-state index in [1.165, 1.54) is 24.2 Å². The van der Waals surface area contributed by atoms with E-state index in [0.29, 0.717) is 18.0 Å². The molecule has 0 radical (unpaired) electrons. The Morgan fingerprint density at radius 2 is 2.14 bits per heavy atom. The summed E-state index contributed by atoms with van der Waals surface area (Å²) < 4.78 is 5.55. The van der Waals surface area contributed by atoms with Gasteiger partial charge in [0.25, 0.3) is 5.91 Å². The first-order valence-corrected chi connectivity index (χ1v) is 8.52. The van der Waals surface area contributed by atoms with Crippen LogP contribution >= 0.6 is 11.3 Å². The second kappa shape index (κ2) is 7.51. The molecule has 4 nitrogen and oxygen atoms in total. The third-order valence-electron chi connectivity index (χ3n) is 3.55. The van der Waals surface area contributed by atoms with Crippen LogP contribution in [0.1, 0.15) is 28.9 Å². The highest BCUT2D eigenvalue weighted by Gasteiger charge is 2.20. The van der Waals surface area contributed by atoms with Crippen LogP contribution in [0.4, 0.5) is 0 Å². The number of carbonyl (C=O) groups is 1. The Morgan fingerprint density at radius 3 is 2.91 bits per heavy atom. The van der Waals surface area contributed by atoms with Crippen molar-refractivity contribution in [2.75, 3.05) is 19.8 Å². The lowest BCUT2D eigenvalue weighted by Crippen LogP contribution is -2.24. The highest BCUT2D eigenvalue weighted by atomic mass is 32.1. The highest BCUT2D eigenvalue weighted by Crippen LogP contribution is 2.28. The molecule has 5 heteroatoms. The molecule has 1 aliphatic rings. The second-order valence-electron chi connectivity index (χ2n) is 5.52. The maximum atomic E-state index is 12.1. The van der Waals surface area contributed by atoms with Gasteiger partial charge in [0.05, 0.1) is 6.20 Å². The van der Waals surface area contributed by atoms with Gasteiger partial charge in [0, 0.05) is 25.3 Å². The van der Waals surface area contributed by atoms with Gasteiger partial charge in [-0.3, -0.25) is 4.79 Å². The molecular formula is C17H20N2O2S. The van der Waals surface area contributed by atoms with Crippen molar-refractivity contribution >= 4 is 17.2 Å². The fraction of sp³-hybridized carbons (Fsp3) is 0.412. The molecule has 0 unspecified atom stereocenters. The number of ether oxygens (including phenoxy) is 1. The minimum absolute atomic E-state index is 0.0538. The van der Waals surface area contributed by atoms with Crippen LogP contribution in [0, 0.1) is 5.92 Å². The quantitative estimate of drug-likeness (QED) is 0.760. The largest absolute Gasteiger partial charge is 0.381 e. The van der Waals surface area contributed by atoms with Crippen molar-refractivity contribution < 1.29 is 9.53 Å². The molecule has 0 spiro atoms. The highest BCUT2D eigenvalue weighted by molar-refractivity contribution is 7.16. The van der Waals surface area contributed by atoms with Crippen molar-refractivity contribution in [2.24, 2.45) is 5.92 Å². The predicted octanol–water partition coefficient (Wildman–Crippen LogP) is 3.36. The fourth-order valence-electron chi connectivity index (χ4n) is 2.09. The van der Waals surface area contributed by atoms with Gasteiger partial charge in [-0.15, -0.1) is 11.3 Å². The third kappa shape index (κ3) is 4.39. The maximum Gasteiger partial charge on any atom is 0.263 e. The van der Waals surface area contributed by atoms with Crippen LogP contribution in [0.15, 0.2) is 36.5 Å². The molecular weight excluding hydrogens is 296 g/mol. The molecule has 0 atom stereocenters. The second-order valence-corrected chi connectivity index (χ2v) is 6.55. The van der Waals surface area contributed by atoms with Crippen LogP contribution < -0.4 is 5.32 Å². The normalized spacial score (nSPS) is 14.0. The number of benzene rings is 1. The number of thiazole rings is 1. The van der Waals surface area contributed by atoms with Gasteiger partial charge in [0.1, 0.15) is 9.88 Å². The van der Waals surface area contributed by atoms with E-state index in [1.54, 1.807) is 6.20 Å². The molecule has 0 saturated heterocycles. The van der Waals surface area contributed by atoms with Gasteiger partial charge in [-0.1, -0.05) is 30.3 Å². The van der Waals surface area contributed by atoms with Gasteiger partial charge in [0.2, 0.25) is 0 Å². The Bertz CT molecular complexity index is 608. The van der Waals surface area contributed by atoms with Crippen molar-refractivity contribution in [3.8, 4) is 10.6 Å². The van der Waals surface area contributed by atoms with Crippen LogP contribution in [0.25, 0.3) is 10.6 Å². The summed E-state index contributed by atoms with van der Waals surface area (Å²) in [5.74, 6) is 0.741. The Morgan fingerprint density at radius 1 is 1.32 bits per heavy atom. The molecule has 0 bridgehead atoms. The zero-order chi connectivity index (χ0) is 15.2. The molecule has 1 N–H and O–H groups in total. The minimum atomic E-state index is -0.0538. The van der Waals surface area contributed by atoms with Gasteiger partial charge in [-0.05, 0) is 25.2 Å². The van der Waals surface area contributed by atoms with Crippen molar-refractivity contribution in [1.82, 2.24) is 10.3 Å².